The molecule has 2 rings (SSSR count). The van der Waals surface area contributed by atoms with Gasteiger partial charge in [-0.2, -0.15) is 0 Å². The minimum atomic E-state index is -0.404. The number of aliphatic hydroxyl groups is 1. The highest BCUT2D eigenvalue weighted by Gasteiger charge is 2.08. The number of hydrogen-bond acceptors (Lipinski definition) is 1. The number of rotatable bonds is 5. The van der Waals surface area contributed by atoms with E-state index < -0.39 is 6.10 Å². The normalized spacial score (nSPS) is 12.3. The summed E-state index contributed by atoms with van der Waals surface area (Å²) in [6.07, 6.45) is -0.404. The molecule has 0 saturated carbocycles. The molecule has 3 N–H and O–H groups in total. The lowest BCUT2D eigenvalue weighted by atomic mass is 10.1. The van der Waals surface area contributed by atoms with Crippen molar-refractivity contribution in [3.63, 3.8) is 0 Å². The van der Waals surface area contributed by atoms with E-state index in [0.717, 1.165) is 16.6 Å². The van der Waals surface area contributed by atoms with Crippen molar-refractivity contribution in [3.05, 3.63) is 70.2 Å². The zero-order chi connectivity index (χ0) is 12.8. The first-order valence-electron chi connectivity index (χ1n) is 6.05. The average Bonchev–Trinajstić information content (AvgIpc) is 2.40. The van der Waals surface area contributed by atoms with Gasteiger partial charge in [-0.1, -0.05) is 58.4 Å². The van der Waals surface area contributed by atoms with E-state index in [2.05, 4.69) is 33.4 Å². The Balaban J connectivity index is 1.82. The minimum absolute atomic E-state index is 0.404. The van der Waals surface area contributed by atoms with E-state index in [-0.39, 0.29) is 0 Å². The van der Waals surface area contributed by atoms with Gasteiger partial charge in [-0.15, -0.1) is 0 Å². The average molecular weight is 307 g/mol. The van der Waals surface area contributed by atoms with E-state index in [1.807, 2.05) is 42.5 Å². The second kappa shape index (κ2) is 6.69. The summed E-state index contributed by atoms with van der Waals surface area (Å²) in [7, 11) is 0. The molecule has 94 valence electrons. The third-order valence-corrected chi connectivity index (χ3v) is 3.34. The van der Waals surface area contributed by atoms with Gasteiger partial charge in [-0.3, -0.25) is 0 Å². The lowest BCUT2D eigenvalue weighted by molar-refractivity contribution is -0.677. The van der Waals surface area contributed by atoms with E-state index in [4.69, 9.17) is 0 Å². The highest BCUT2D eigenvalue weighted by atomic mass is 79.9. The molecule has 0 aliphatic rings. The predicted molar refractivity (Wildman–Crippen MR) is 76.0 cm³/mol. The molecular weight excluding hydrogens is 290 g/mol. The van der Waals surface area contributed by atoms with E-state index in [1.165, 1.54) is 5.56 Å². The van der Waals surface area contributed by atoms with Crippen molar-refractivity contribution in [1.29, 1.82) is 0 Å². The molecule has 0 aliphatic heterocycles. The van der Waals surface area contributed by atoms with Gasteiger partial charge in [0.15, 0.2) is 0 Å². The highest BCUT2D eigenvalue weighted by Crippen LogP contribution is 2.11. The maximum atomic E-state index is 10.0. The molecule has 2 nitrogen and oxygen atoms in total. The third-order valence-electron chi connectivity index (χ3n) is 2.84. The fourth-order valence-electron chi connectivity index (χ4n) is 1.88. The van der Waals surface area contributed by atoms with E-state index in [9.17, 15) is 5.11 Å². The fourth-order valence-corrected chi connectivity index (χ4v) is 2.33. The van der Waals surface area contributed by atoms with Crippen molar-refractivity contribution in [2.75, 3.05) is 6.54 Å². The maximum Gasteiger partial charge on any atom is 0.128 e. The Hall–Kier alpha value is -1.16. The molecule has 0 aromatic heterocycles. The summed E-state index contributed by atoms with van der Waals surface area (Å²) in [5.41, 5.74) is 2.23. The van der Waals surface area contributed by atoms with Crippen LogP contribution in [0.5, 0.6) is 0 Å². The number of quaternary nitrogens is 1. The SMILES string of the molecule is O[C@@H](C[NH2+]Cc1cccc(Br)c1)c1ccccc1. The molecular formula is C15H17BrNO+. The van der Waals surface area contributed by atoms with Crippen molar-refractivity contribution in [2.24, 2.45) is 0 Å². The molecule has 0 saturated heterocycles. The van der Waals surface area contributed by atoms with Gasteiger partial charge in [0.1, 0.15) is 19.2 Å². The van der Waals surface area contributed by atoms with Gasteiger partial charge in [0, 0.05) is 10.0 Å². The molecule has 0 heterocycles. The van der Waals surface area contributed by atoms with E-state index in [1.54, 1.807) is 0 Å². The van der Waals surface area contributed by atoms with Crippen LogP contribution in [0.25, 0.3) is 0 Å². The van der Waals surface area contributed by atoms with Gasteiger partial charge in [0.2, 0.25) is 0 Å². The molecule has 0 aliphatic carbocycles. The van der Waals surface area contributed by atoms with Crippen molar-refractivity contribution in [1.82, 2.24) is 0 Å². The summed E-state index contributed by atoms with van der Waals surface area (Å²) >= 11 is 3.46. The second-order valence-corrected chi connectivity index (χ2v) is 5.20. The number of benzene rings is 2. The van der Waals surface area contributed by atoms with Crippen LogP contribution in [0.1, 0.15) is 17.2 Å². The van der Waals surface area contributed by atoms with Gasteiger partial charge in [0.25, 0.3) is 0 Å². The maximum absolute atomic E-state index is 10.0. The molecule has 1 atom stereocenters. The molecule has 0 spiro atoms. The molecule has 3 heteroatoms. The summed E-state index contributed by atoms with van der Waals surface area (Å²) < 4.78 is 1.09. The second-order valence-electron chi connectivity index (χ2n) is 4.28. The summed E-state index contributed by atoms with van der Waals surface area (Å²) in [6.45, 7) is 1.56. The van der Waals surface area contributed by atoms with Gasteiger partial charge in [0.05, 0.1) is 0 Å². The lowest BCUT2D eigenvalue weighted by Crippen LogP contribution is -2.83. The summed E-state index contributed by atoms with van der Waals surface area (Å²) in [5.74, 6) is 0. The topological polar surface area (TPSA) is 36.8 Å². The van der Waals surface area contributed by atoms with Crippen molar-refractivity contribution >= 4 is 15.9 Å². The van der Waals surface area contributed by atoms with Crippen LogP contribution in [0.15, 0.2) is 59.1 Å². The van der Waals surface area contributed by atoms with Crippen LogP contribution in [0.4, 0.5) is 0 Å². The van der Waals surface area contributed by atoms with Crippen LogP contribution >= 0.6 is 15.9 Å². The molecule has 0 bridgehead atoms. The van der Waals surface area contributed by atoms with Crippen LogP contribution in [0.3, 0.4) is 0 Å². The van der Waals surface area contributed by atoms with E-state index in [0.29, 0.717) is 6.54 Å². The predicted octanol–water partition coefficient (Wildman–Crippen LogP) is 2.25. The third kappa shape index (κ3) is 3.95. The molecule has 0 radical (unpaired) electrons. The monoisotopic (exact) mass is 306 g/mol. The summed E-state index contributed by atoms with van der Waals surface area (Å²) in [5, 5.41) is 12.1. The Morgan fingerprint density at radius 3 is 2.56 bits per heavy atom. The largest absolute Gasteiger partial charge is 0.382 e. The zero-order valence-electron chi connectivity index (χ0n) is 10.1. The number of hydrogen-bond donors (Lipinski definition) is 2. The van der Waals surface area contributed by atoms with Crippen molar-refractivity contribution in [2.45, 2.75) is 12.6 Å². The van der Waals surface area contributed by atoms with Crippen LogP contribution in [-0.2, 0) is 6.54 Å². The Labute approximate surface area is 116 Å². The Kier molecular flexibility index (Phi) is 4.93. The first-order chi connectivity index (χ1) is 8.75. The molecule has 0 amide bonds. The Morgan fingerprint density at radius 1 is 1.06 bits per heavy atom. The first-order valence-corrected chi connectivity index (χ1v) is 6.84. The standard InChI is InChI=1S/C15H16BrNO/c16-14-8-4-5-12(9-14)10-17-11-15(18)13-6-2-1-3-7-13/h1-9,15,17-18H,10-11H2/p+1/t15-/m0/s1. The van der Waals surface area contributed by atoms with Gasteiger partial charge >= 0.3 is 0 Å². The van der Waals surface area contributed by atoms with Crippen LogP contribution < -0.4 is 5.32 Å². The molecule has 2 aromatic rings. The van der Waals surface area contributed by atoms with Crippen LogP contribution in [-0.4, -0.2) is 11.7 Å². The number of halogens is 1. The quantitative estimate of drug-likeness (QED) is 0.873. The van der Waals surface area contributed by atoms with Crippen LogP contribution in [0, 0.1) is 0 Å². The molecule has 0 unspecified atom stereocenters. The zero-order valence-corrected chi connectivity index (χ0v) is 11.7. The van der Waals surface area contributed by atoms with Gasteiger partial charge < -0.3 is 10.4 Å². The minimum Gasteiger partial charge on any atom is -0.382 e. The number of nitrogens with two attached hydrogens (primary N) is 1. The Morgan fingerprint density at radius 2 is 1.83 bits per heavy atom. The molecule has 2 aromatic carbocycles. The van der Waals surface area contributed by atoms with Gasteiger partial charge in [-0.25, -0.2) is 0 Å². The smallest absolute Gasteiger partial charge is 0.128 e. The van der Waals surface area contributed by atoms with E-state index >= 15 is 0 Å². The highest BCUT2D eigenvalue weighted by molar-refractivity contribution is 9.10. The van der Waals surface area contributed by atoms with Gasteiger partial charge in [-0.05, 0) is 17.7 Å². The van der Waals surface area contributed by atoms with Crippen LogP contribution in [0.2, 0.25) is 0 Å². The van der Waals surface area contributed by atoms with Crippen molar-refractivity contribution in [3.8, 4) is 0 Å². The first kappa shape index (κ1) is 13.3. The Bertz CT molecular complexity index is 487. The molecule has 18 heavy (non-hydrogen) atoms. The summed E-state index contributed by atoms with van der Waals surface area (Å²) in [6, 6.07) is 18.0. The number of aliphatic hydroxyl groups excluding tert-OH is 1. The lowest BCUT2D eigenvalue weighted by Gasteiger charge is -2.09. The van der Waals surface area contributed by atoms with Crippen molar-refractivity contribution < 1.29 is 10.4 Å². The summed E-state index contributed by atoms with van der Waals surface area (Å²) in [4.78, 5) is 0. The fraction of sp³-hybridized carbons (Fsp3) is 0.200. The molecule has 0 fully saturated rings.